The average Bonchev–Trinajstić information content (AvgIpc) is 3.12. The minimum absolute atomic E-state index is 0.204. The molecular formula is C20H22N4O5S. The van der Waals surface area contributed by atoms with Crippen LogP contribution in [0.15, 0.2) is 24.4 Å². The molecule has 0 saturated carbocycles. The van der Waals surface area contributed by atoms with Gasteiger partial charge in [0.25, 0.3) is 0 Å². The Morgan fingerprint density at radius 1 is 1.43 bits per heavy atom. The molecule has 158 valence electrons. The van der Waals surface area contributed by atoms with E-state index in [1.165, 1.54) is 16.2 Å². The number of fused-ring (bicyclic) bond motifs is 1. The van der Waals surface area contributed by atoms with E-state index in [0.717, 1.165) is 16.1 Å². The van der Waals surface area contributed by atoms with Crippen LogP contribution in [0.4, 0.5) is 9.80 Å². The van der Waals surface area contributed by atoms with Gasteiger partial charge in [0, 0.05) is 29.7 Å². The van der Waals surface area contributed by atoms with Gasteiger partial charge in [0.1, 0.15) is 23.8 Å². The van der Waals surface area contributed by atoms with Gasteiger partial charge in [-0.1, -0.05) is 6.07 Å². The molecule has 10 heteroatoms. The predicted molar refractivity (Wildman–Crippen MR) is 109 cm³/mol. The third-order valence-corrected chi connectivity index (χ3v) is 5.76. The molecule has 0 saturated heterocycles. The zero-order valence-electron chi connectivity index (χ0n) is 16.2. The molecule has 1 unspecified atom stereocenters. The standard InChI is InChI=1S/C20H22N4O5S/c21-9-16-15-6-8-24(20(28)29-12-14(26)11-25)10-17(15)30-19(16)23-18(27)5-4-13-3-1-2-7-22-13/h1-3,7,14,25-26H,4-6,8,10-12H2,(H,23,27). The number of aliphatic hydroxyl groups excluding tert-OH is 2. The quantitative estimate of drug-likeness (QED) is 0.605. The lowest BCUT2D eigenvalue weighted by atomic mass is 10.0. The van der Waals surface area contributed by atoms with Crippen molar-refractivity contribution in [3.05, 3.63) is 46.1 Å². The Morgan fingerprint density at radius 3 is 2.97 bits per heavy atom. The minimum atomic E-state index is -1.12. The monoisotopic (exact) mass is 430 g/mol. The van der Waals surface area contributed by atoms with Crippen molar-refractivity contribution in [3.63, 3.8) is 0 Å². The van der Waals surface area contributed by atoms with Gasteiger partial charge < -0.3 is 25.2 Å². The topological polar surface area (TPSA) is 136 Å². The second-order valence-corrected chi connectivity index (χ2v) is 7.88. The van der Waals surface area contributed by atoms with E-state index in [0.29, 0.717) is 30.0 Å². The first-order valence-electron chi connectivity index (χ1n) is 9.46. The Labute approximate surface area is 177 Å². The number of nitrogens with zero attached hydrogens (tertiary/aromatic N) is 3. The van der Waals surface area contributed by atoms with Gasteiger partial charge in [-0.25, -0.2) is 4.79 Å². The van der Waals surface area contributed by atoms with Crippen molar-refractivity contribution >= 4 is 28.3 Å². The van der Waals surface area contributed by atoms with Gasteiger partial charge in [-0.2, -0.15) is 5.26 Å². The summed E-state index contributed by atoms with van der Waals surface area (Å²) in [5, 5.41) is 31.0. The number of hydrogen-bond acceptors (Lipinski definition) is 8. The Kier molecular flexibility index (Phi) is 7.35. The van der Waals surface area contributed by atoms with Crippen molar-refractivity contribution in [1.29, 1.82) is 5.26 Å². The highest BCUT2D eigenvalue weighted by Crippen LogP contribution is 2.36. The number of rotatable bonds is 7. The molecule has 0 radical (unpaired) electrons. The number of amides is 2. The summed E-state index contributed by atoms with van der Waals surface area (Å²) < 4.78 is 4.99. The van der Waals surface area contributed by atoms with E-state index in [1.807, 2.05) is 18.2 Å². The predicted octanol–water partition coefficient (Wildman–Crippen LogP) is 1.43. The number of ether oxygens (including phenoxy) is 1. The molecule has 0 spiro atoms. The maximum atomic E-state index is 12.3. The summed E-state index contributed by atoms with van der Waals surface area (Å²) >= 11 is 1.28. The fourth-order valence-electron chi connectivity index (χ4n) is 3.05. The lowest BCUT2D eigenvalue weighted by molar-refractivity contribution is -0.116. The third-order valence-electron chi connectivity index (χ3n) is 4.62. The lowest BCUT2D eigenvalue weighted by Gasteiger charge is -2.26. The van der Waals surface area contributed by atoms with Crippen molar-refractivity contribution < 1.29 is 24.5 Å². The summed E-state index contributed by atoms with van der Waals surface area (Å²) in [4.78, 5) is 31.0. The van der Waals surface area contributed by atoms with Gasteiger partial charge >= 0.3 is 6.09 Å². The highest BCUT2D eigenvalue weighted by Gasteiger charge is 2.28. The summed E-state index contributed by atoms with van der Waals surface area (Å²) in [5.41, 5.74) is 2.09. The average molecular weight is 430 g/mol. The normalized spacial score (nSPS) is 13.8. The Morgan fingerprint density at radius 2 is 2.27 bits per heavy atom. The van der Waals surface area contributed by atoms with Crippen molar-refractivity contribution in [3.8, 4) is 6.07 Å². The van der Waals surface area contributed by atoms with Gasteiger partial charge in [-0.05, 0) is 30.5 Å². The van der Waals surface area contributed by atoms with E-state index in [1.54, 1.807) is 6.20 Å². The molecule has 9 nitrogen and oxygen atoms in total. The summed E-state index contributed by atoms with van der Waals surface area (Å²) in [6.45, 7) is -0.159. The smallest absolute Gasteiger partial charge is 0.410 e. The molecule has 30 heavy (non-hydrogen) atoms. The number of aliphatic hydroxyl groups is 2. The number of carbonyl (C=O) groups is 2. The SMILES string of the molecule is N#Cc1c(NC(=O)CCc2ccccn2)sc2c1CCN(C(=O)OCC(O)CO)C2. The number of pyridine rings is 1. The number of carbonyl (C=O) groups excluding carboxylic acids is 2. The number of thiophene rings is 1. The van der Waals surface area contributed by atoms with E-state index < -0.39 is 18.8 Å². The molecule has 3 N–H and O–H groups in total. The van der Waals surface area contributed by atoms with Crippen LogP contribution in [-0.2, 0) is 28.9 Å². The number of anilines is 1. The van der Waals surface area contributed by atoms with E-state index in [9.17, 15) is 20.0 Å². The first-order valence-corrected chi connectivity index (χ1v) is 10.3. The molecule has 2 aromatic heterocycles. The van der Waals surface area contributed by atoms with Crippen LogP contribution in [0.5, 0.6) is 0 Å². The van der Waals surface area contributed by atoms with Crippen LogP contribution in [-0.4, -0.2) is 58.0 Å². The van der Waals surface area contributed by atoms with E-state index in [-0.39, 0.29) is 25.5 Å². The number of aromatic nitrogens is 1. The summed E-state index contributed by atoms with van der Waals surface area (Å²) in [6.07, 6.45) is 1.18. The largest absolute Gasteiger partial charge is 0.447 e. The molecule has 0 aromatic carbocycles. The maximum Gasteiger partial charge on any atom is 0.410 e. The van der Waals surface area contributed by atoms with Crippen molar-refractivity contribution in [1.82, 2.24) is 9.88 Å². The third kappa shape index (κ3) is 5.33. The van der Waals surface area contributed by atoms with E-state index >= 15 is 0 Å². The molecule has 0 aliphatic carbocycles. The Balaban J connectivity index is 1.62. The van der Waals surface area contributed by atoms with Gasteiger partial charge in [0.05, 0.1) is 18.7 Å². The highest BCUT2D eigenvalue weighted by atomic mass is 32.1. The Bertz CT molecular complexity index is 941. The zero-order valence-corrected chi connectivity index (χ0v) is 17.0. The van der Waals surface area contributed by atoms with Crippen LogP contribution in [0.25, 0.3) is 0 Å². The number of hydrogen-bond donors (Lipinski definition) is 3. The van der Waals surface area contributed by atoms with Crippen molar-refractivity contribution in [2.75, 3.05) is 25.1 Å². The van der Waals surface area contributed by atoms with Gasteiger partial charge in [0.2, 0.25) is 5.91 Å². The first kappa shape index (κ1) is 21.7. The van der Waals surface area contributed by atoms with Gasteiger partial charge in [-0.3, -0.25) is 9.78 Å². The zero-order chi connectivity index (χ0) is 21.5. The summed E-state index contributed by atoms with van der Waals surface area (Å²) in [7, 11) is 0. The van der Waals surface area contributed by atoms with Gasteiger partial charge in [-0.15, -0.1) is 11.3 Å². The van der Waals surface area contributed by atoms with Crippen LogP contribution in [0, 0.1) is 11.3 Å². The van der Waals surface area contributed by atoms with Crippen LogP contribution in [0.1, 0.15) is 28.1 Å². The number of nitrogens with one attached hydrogen (secondary N) is 1. The summed E-state index contributed by atoms with van der Waals surface area (Å²) in [5.74, 6) is -0.204. The second kappa shape index (κ2) is 10.2. The van der Waals surface area contributed by atoms with Crippen LogP contribution in [0.3, 0.4) is 0 Å². The van der Waals surface area contributed by atoms with E-state index in [2.05, 4.69) is 16.4 Å². The highest BCUT2D eigenvalue weighted by molar-refractivity contribution is 7.16. The first-order chi connectivity index (χ1) is 14.5. The van der Waals surface area contributed by atoms with Gasteiger partial charge in [0.15, 0.2) is 0 Å². The lowest BCUT2D eigenvalue weighted by Crippen LogP contribution is -2.37. The van der Waals surface area contributed by atoms with Crippen molar-refractivity contribution in [2.24, 2.45) is 0 Å². The molecule has 1 aliphatic rings. The Hall–Kier alpha value is -3.00. The summed E-state index contributed by atoms with van der Waals surface area (Å²) in [6, 6.07) is 7.69. The molecule has 3 heterocycles. The number of aryl methyl sites for hydroxylation is 1. The molecule has 0 bridgehead atoms. The fourth-order valence-corrected chi connectivity index (χ4v) is 4.28. The second-order valence-electron chi connectivity index (χ2n) is 6.77. The van der Waals surface area contributed by atoms with Crippen molar-refractivity contribution in [2.45, 2.75) is 31.9 Å². The molecular weight excluding hydrogens is 408 g/mol. The maximum absolute atomic E-state index is 12.3. The van der Waals surface area contributed by atoms with E-state index in [4.69, 9.17) is 9.84 Å². The molecule has 2 amide bonds. The number of nitriles is 1. The van der Waals surface area contributed by atoms with Crippen LogP contribution in [0.2, 0.25) is 0 Å². The molecule has 1 atom stereocenters. The fraction of sp³-hybridized carbons (Fsp3) is 0.400. The molecule has 3 rings (SSSR count). The molecule has 0 fully saturated rings. The molecule has 1 aliphatic heterocycles. The van der Waals surface area contributed by atoms with Crippen LogP contribution >= 0.6 is 11.3 Å². The van der Waals surface area contributed by atoms with Crippen LogP contribution < -0.4 is 5.32 Å². The molecule has 2 aromatic rings. The minimum Gasteiger partial charge on any atom is -0.447 e.